The van der Waals surface area contributed by atoms with E-state index in [0.29, 0.717) is 35.2 Å². The molecule has 6 nitrogen and oxygen atoms in total. The fraction of sp³-hybridized carbons (Fsp3) is 0.333. The van der Waals surface area contributed by atoms with E-state index in [1.54, 1.807) is 49.6 Å². The fourth-order valence-corrected chi connectivity index (χ4v) is 2.52. The number of carboxylic acid groups (broad SMARTS) is 1. The smallest absolute Gasteiger partial charge is 0.312 e. The lowest BCUT2D eigenvalue weighted by molar-refractivity contribution is -0.138. The Morgan fingerprint density at radius 2 is 1.81 bits per heavy atom. The molecule has 2 rings (SSSR count). The van der Waals surface area contributed by atoms with Gasteiger partial charge in [0.15, 0.2) is 0 Å². The fourth-order valence-electron chi connectivity index (χ4n) is 2.52. The van der Waals surface area contributed by atoms with Crippen LogP contribution in [0.4, 0.5) is 0 Å². The third kappa shape index (κ3) is 5.74. The van der Waals surface area contributed by atoms with Crippen molar-refractivity contribution in [2.45, 2.75) is 19.8 Å². The average Bonchev–Trinajstić information content (AvgIpc) is 2.66. The highest BCUT2D eigenvalue weighted by Crippen LogP contribution is 2.25. The highest BCUT2D eigenvalue weighted by atomic mass is 16.5. The number of amides is 1. The van der Waals surface area contributed by atoms with Gasteiger partial charge in [0.25, 0.3) is 5.91 Å². The minimum absolute atomic E-state index is 0.0200. The van der Waals surface area contributed by atoms with Crippen LogP contribution in [0.3, 0.4) is 0 Å². The maximum atomic E-state index is 12.6. The summed E-state index contributed by atoms with van der Waals surface area (Å²) in [7, 11) is 1.54. The summed E-state index contributed by atoms with van der Waals surface area (Å²) in [6.45, 7) is 4.46. The molecule has 0 bridgehead atoms. The van der Waals surface area contributed by atoms with Crippen molar-refractivity contribution in [3.63, 3.8) is 0 Å². The average molecular weight is 371 g/mol. The van der Waals surface area contributed by atoms with Crippen molar-refractivity contribution in [2.75, 3.05) is 20.3 Å². The normalized spacial score (nSPS) is 11.7. The van der Waals surface area contributed by atoms with Crippen LogP contribution in [0.25, 0.3) is 0 Å². The number of carbonyl (C=O) groups is 2. The van der Waals surface area contributed by atoms with Crippen LogP contribution >= 0.6 is 0 Å². The van der Waals surface area contributed by atoms with Crippen molar-refractivity contribution in [1.82, 2.24) is 5.32 Å². The van der Waals surface area contributed by atoms with Crippen LogP contribution in [0.1, 0.15) is 35.7 Å². The molecule has 0 aromatic heterocycles. The van der Waals surface area contributed by atoms with Gasteiger partial charge in [-0.05, 0) is 23.6 Å². The molecule has 2 aromatic rings. The van der Waals surface area contributed by atoms with Crippen LogP contribution < -0.4 is 14.8 Å². The minimum Gasteiger partial charge on any atom is -0.497 e. The topological polar surface area (TPSA) is 84.9 Å². The first-order valence-corrected chi connectivity index (χ1v) is 8.79. The van der Waals surface area contributed by atoms with Gasteiger partial charge in [0.05, 0.1) is 25.2 Å². The number of ether oxygens (including phenoxy) is 2. The van der Waals surface area contributed by atoms with E-state index in [9.17, 15) is 14.7 Å². The molecule has 1 unspecified atom stereocenters. The van der Waals surface area contributed by atoms with Crippen LogP contribution in [0.2, 0.25) is 0 Å². The van der Waals surface area contributed by atoms with Gasteiger partial charge >= 0.3 is 5.97 Å². The summed E-state index contributed by atoms with van der Waals surface area (Å²) in [5.41, 5.74) is 0.977. The first-order chi connectivity index (χ1) is 12.9. The number of aliphatic carboxylic acids is 1. The summed E-state index contributed by atoms with van der Waals surface area (Å²) in [5.74, 6) is -0.925. The van der Waals surface area contributed by atoms with Gasteiger partial charge in [0, 0.05) is 12.6 Å². The predicted octanol–water partition coefficient (Wildman–Crippen LogP) is 3.33. The highest BCUT2D eigenvalue weighted by Gasteiger charge is 2.22. The van der Waals surface area contributed by atoms with Gasteiger partial charge in [-0.3, -0.25) is 9.59 Å². The van der Waals surface area contributed by atoms with E-state index in [4.69, 9.17) is 9.47 Å². The van der Waals surface area contributed by atoms with Crippen LogP contribution in [-0.4, -0.2) is 37.2 Å². The van der Waals surface area contributed by atoms with E-state index in [0.717, 1.165) is 0 Å². The Balaban J connectivity index is 2.15. The molecule has 0 saturated carbocycles. The highest BCUT2D eigenvalue weighted by molar-refractivity contribution is 5.97. The standard InChI is InChI=1S/C21H25NO5/c1-14(2)13-27-19-11-16(26-3)9-10-17(19)20(23)22-12-18(21(24)25)15-7-5-4-6-8-15/h4-11,14,18H,12-13H2,1-3H3,(H,22,23)(H,24,25). The Hall–Kier alpha value is -3.02. The number of nitrogens with one attached hydrogen (secondary N) is 1. The molecule has 0 aliphatic heterocycles. The monoisotopic (exact) mass is 371 g/mol. The van der Waals surface area contributed by atoms with Crippen molar-refractivity contribution >= 4 is 11.9 Å². The number of carboxylic acids is 1. The van der Waals surface area contributed by atoms with E-state index in [1.807, 2.05) is 19.9 Å². The Labute approximate surface area is 159 Å². The molecule has 0 radical (unpaired) electrons. The molecule has 2 N–H and O–H groups in total. The lowest BCUT2D eigenvalue weighted by Gasteiger charge is -2.16. The second kappa shape index (κ2) is 9.62. The molecule has 2 aromatic carbocycles. The molecule has 0 saturated heterocycles. The largest absolute Gasteiger partial charge is 0.497 e. The molecule has 0 aliphatic carbocycles. The van der Waals surface area contributed by atoms with Crippen molar-refractivity contribution < 1.29 is 24.2 Å². The van der Waals surface area contributed by atoms with Gasteiger partial charge in [-0.1, -0.05) is 44.2 Å². The molecule has 0 aliphatic rings. The van der Waals surface area contributed by atoms with Crippen LogP contribution in [0.5, 0.6) is 11.5 Å². The van der Waals surface area contributed by atoms with Gasteiger partial charge in [0.1, 0.15) is 11.5 Å². The van der Waals surface area contributed by atoms with E-state index in [2.05, 4.69) is 5.32 Å². The summed E-state index contributed by atoms with van der Waals surface area (Å²) in [4.78, 5) is 24.2. The maximum Gasteiger partial charge on any atom is 0.312 e. The molecule has 1 atom stereocenters. The molecule has 27 heavy (non-hydrogen) atoms. The molecule has 0 spiro atoms. The predicted molar refractivity (Wildman–Crippen MR) is 102 cm³/mol. The molecular formula is C21H25NO5. The number of benzene rings is 2. The number of hydrogen-bond donors (Lipinski definition) is 2. The molecule has 144 valence electrons. The second-order valence-corrected chi connectivity index (χ2v) is 6.58. The number of rotatable bonds is 9. The van der Waals surface area contributed by atoms with Crippen LogP contribution in [0.15, 0.2) is 48.5 Å². The van der Waals surface area contributed by atoms with Crippen LogP contribution in [0, 0.1) is 5.92 Å². The first kappa shape index (κ1) is 20.3. The Morgan fingerprint density at radius 1 is 1.11 bits per heavy atom. The van der Waals surface area contributed by atoms with Gasteiger partial charge in [-0.2, -0.15) is 0 Å². The lowest BCUT2D eigenvalue weighted by atomic mass is 9.99. The van der Waals surface area contributed by atoms with Gasteiger partial charge in [-0.15, -0.1) is 0 Å². The Bertz CT molecular complexity index is 773. The SMILES string of the molecule is COc1ccc(C(=O)NCC(C(=O)O)c2ccccc2)c(OCC(C)C)c1. The molecule has 0 heterocycles. The quantitative estimate of drug-likeness (QED) is 0.706. The van der Waals surface area contributed by atoms with E-state index < -0.39 is 17.8 Å². The van der Waals surface area contributed by atoms with Gasteiger partial charge < -0.3 is 19.9 Å². The van der Waals surface area contributed by atoms with Crippen molar-refractivity contribution in [2.24, 2.45) is 5.92 Å². The minimum atomic E-state index is -0.993. The van der Waals surface area contributed by atoms with Gasteiger partial charge in [-0.25, -0.2) is 0 Å². The zero-order valence-corrected chi connectivity index (χ0v) is 15.8. The third-order valence-corrected chi connectivity index (χ3v) is 3.97. The van der Waals surface area contributed by atoms with E-state index in [1.165, 1.54) is 0 Å². The zero-order chi connectivity index (χ0) is 19.8. The summed E-state index contributed by atoms with van der Waals surface area (Å²) < 4.78 is 10.9. The van der Waals surface area contributed by atoms with Crippen molar-refractivity contribution in [3.05, 3.63) is 59.7 Å². The van der Waals surface area contributed by atoms with E-state index in [-0.39, 0.29) is 6.54 Å². The van der Waals surface area contributed by atoms with E-state index >= 15 is 0 Å². The number of hydrogen-bond acceptors (Lipinski definition) is 4. The Kier molecular flexibility index (Phi) is 7.23. The Morgan fingerprint density at radius 3 is 2.41 bits per heavy atom. The first-order valence-electron chi connectivity index (χ1n) is 8.79. The van der Waals surface area contributed by atoms with Crippen LogP contribution in [-0.2, 0) is 4.79 Å². The summed E-state index contributed by atoms with van der Waals surface area (Å²) >= 11 is 0. The summed E-state index contributed by atoms with van der Waals surface area (Å²) in [6.07, 6.45) is 0. The molecule has 0 fully saturated rings. The molecule has 1 amide bonds. The van der Waals surface area contributed by atoms with Gasteiger partial charge in [0.2, 0.25) is 0 Å². The van der Waals surface area contributed by atoms with Crippen molar-refractivity contribution in [1.29, 1.82) is 0 Å². The maximum absolute atomic E-state index is 12.6. The summed E-state index contributed by atoms with van der Waals surface area (Å²) in [6, 6.07) is 13.8. The number of methoxy groups -OCH3 is 1. The number of carbonyl (C=O) groups excluding carboxylic acids is 1. The zero-order valence-electron chi connectivity index (χ0n) is 15.8. The lowest BCUT2D eigenvalue weighted by Crippen LogP contribution is -2.32. The molecular weight excluding hydrogens is 346 g/mol. The second-order valence-electron chi connectivity index (χ2n) is 6.58. The third-order valence-electron chi connectivity index (χ3n) is 3.97. The summed E-state index contributed by atoms with van der Waals surface area (Å²) in [5, 5.41) is 12.2. The van der Waals surface area contributed by atoms with Crippen molar-refractivity contribution in [3.8, 4) is 11.5 Å². The molecule has 6 heteroatoms.